The summed E-state index contributed by atoms with van der Waals surface area (Å²) in [5, 5.41) is 6.13. The lowest BCUT2D eigenvalue weighted by atomic mass is 10.1. The Morgan fingerprint density at radius 2 is 0.951 bits per heavy atom. The summed E-state index contributed by atoms with van der Waals surface area (Å²) in [7, 11) is 0. The lowest BCUT2D eigenvalue weighted by Crippen LogP contribution is -2.26. The second-order valence-corrected chi connectivity index (χ2v) is 11.8. The topological polar surface area (TPSA) is 67.4 Å². The van der Waals surface area contributed by atoms with Crippen molar-refractivity contribution in [2.75, 3.05) is 19.7 Å². The monoisotopic (exact) mass is 572 g/mol. The van der Waals surface area contributed by atoms with Crippen molar-refractivity contribution in [1.82, 2.24) is 10.6 Å². The minimum Gasteiger partial charge on any atom is -0.493 e. The smallest absolute Gasteiger partial charge is 0.255 e. The fourth-order valence-corrected chi connectivity index (χ4v) is 5.15. The minimum atomic E-state index is -0.114. The predicted molar refractivity (Wildman–Crippen MR) is 175 cm³/mol. The highest BCUT2D eigenvalue weighted by Gasteiger charge is 2.16. The maximum Gasteiger partial charge on any atom is 0.255 e. The van der Waals surface area contributed by atoms with Crippen molar-refractivity contribution in [3.63, 3.8) is 0 Å². The van der Waals surface area contributed by atoms with Crippen LogP contribution >= 0.6 is 0 Å². The van der Waals surface area contributed by atoms with Crippen LogP contribution in [0, 0.1) is 0 Å². The third-order valence-electron chi connectivity index (χ3n) is 7.88. The summed E-state index contributed by atoms with van der Waals surface area (Å²) in [5.41, 5.74) is 1.08. The molecule has 0 atom stereocenters. The molecule has 1 aromatic rings. The zero-order valence-electron chi connectivity index (χ0n) is 27.1. The summed E-state index contributed by atoms with van der Waals surface area (Å²) in [4.78, 5) is 25.9. The molecular weight excluding hydrogens is 508 g/mol. The quantitative estimate of drug-likeness (QED) is 0.0982. The van der Waals surface area contributed by atoms with Crippen LogP contribution in [0.3, 0.4) is 0 Å². The molecule has 1 rings (SSSR count). The van der Waals surface area contributed by atoms with Crippen LogP contribution in [0.4, 0.5) is 0 Å². The van der Waals surface area contributed by atoms with E-state index in [2.05, 4.69) is 31.4 Å². The Hall–Kier alpha value is -2.04. The summed E-state index contributed by atoms with van der Waals surface area (Å²) >= 11 is 0. The number of hydrogen-bond donors (Lipinski definition) is 2. The fraction of sp³-hybridized carbons (Fsp3) is 0.778. The van der Waals surface area contributed by atoms with E-state index in [-0.39, 0.29) is 11.8 Å². The van der Waals surface area contributed by atoms with Crippen LogP contribution in [0.15, 0.2) is 18.2 Å². The van der Waals surface area contributed by atoms with Gasteiger partial charge in [-0.2, -0.15) is 0 Å². The minimum absolute atomic E-state index is 0.0945. The van der Waals surface area contributed by atoms with E-state index in [1.807, 2.05) is 0 Å². The van der Waals surface area contributed by atoms with Crippen molar-refractivity contribution in [3.05, 3.63) is 29.3 Å². The Balaban J connectivity index is 2.57. The van der Waals surface area contributed by atoms with Crippen LogP contribution in [-0.4, -0.2) is 31.5 Å². The second kappa shape index (κ2) is 26.8. The normalized spacial score (nSPS) is 11.0. The Morgan fingerprint density at radius 3 is 1.44 bits per heavy atom. The summed E-state index contributed by atoms with van der Waals surface area (Å²) < 4.78 is 6.13. The van der Waals surface area contributed by atoms with Crippen LogP contribution in [0.2, 0.25) is 0 Å². The van der Waals surface area contributed by atoms with Crippen molar-refractivity contribution < 1.29 is 14.3 Å². The molecule has 0 spiro atoms. The first-order valence-electron chi connectivity index (χ1n) is 17.5. The lowest BCUT2D eigenvalue weighted by molar-refractivity contribution is 0.0937. The standard InChI is InChI=1S/C36H64N2O3/c1-4-7-10-13-16-19-22-25-30-41-34-31-32(35(39)37-28-23-20-17-14-11-8-5-2)26-27-33(34)36(40)38-29-24-21-18-15-12-9-6-3/h26-27,31H,4-25,28-30H2,1-3H3,(H,37,39)(H,38,40). The lowest BCUT2D eigenvalue weighted by Gasteiger charge is -2.14. The van der Waals surface area contributed by atoms with Gasteiger partial charge in [-0.15, -0.1) is 0 Å². The van der Waals surface area contributed by atoms with E-state index in [9.17, 15) is 9.59 Å². The van der Waals surface area contributed by atoms with E-state index in [0.29, 0.717) is 36.6 Å². The molecule has 1 aromatic carbocycles. The molecule has 0 heterocycles. The summed E-state index contributed by atoms with van der Waals surface area (Å²) in [6.07, 6.45) is 26.9. The highest BCUT2D eigenvalue weighted by Crippen LogP contribution is 2.22. The molecule has 236 valence electrons. The number of hydrogen-bond acceptors (Lipinski definition) is 3. The van der Waals surface area contributed by atoms with Crippen molar-refractivity contribution in [3.8, 4) is 5.75 Å². The van der Waals surface area contributed by atoms with Crippen LogP contribution < -0.4 is 15.4 Å². The molecule has 41 heavy (non-hydrogen) atoms. The molecule has 5 heteroatoms. The van der Waals surface area contributed by atoms with Crippen molar-refractivity contribution in [2.24, 2.45) is 0 Å². The van der Waals surface area contributed by atoms with Gasteiger partial charge in [0, 0.05) is 18.7 Å². The van der Waals surface area contributed by atoms with Gasteiger partial charge in [0.2, 0.25) is 0 Å². The first kappa shape index (κ1) is 37.0. The number of carbonyl (C=O) groups is 2. The molecule has 0 saturated heterocycles. The van der Waals surface area contributed by atoms with E-state index in [1.54, 1.807) is 18.2 Å². The number of benzene rings is 1. The van der Waals surface area contributed by atoms with Crippen LogP contribution in [0.5, 0.6) is 5.75 Å². The first-order chi connectivity index (χ1) is 20.1. The molecule has 0 bridgehead atoms. The van der Waals surface area contributed by atoms with Crippen LogP contribution in [0.25, 0.3) is 0 Å². The first-order valence-corrected chi connectivity index (χ1v) is 17.5. The van der Waals surface area contributed by atoms with E-state index in [1.165, 1.54) is 103 Å². The van der Waals surface area contributed by atoms with Gasteiger partial charge in [-0.3, -0.25) is 9.59 Å². The molecule has 0 aliphatic heterocycles. The summed E-state index contributed by atoms with van der Waals surface area (Å²) in [6.45, 7) is 8.64. The van der Waals surface area contributed by atoms with Crippen LogP contribution in [-0.2, 0) is 0 Å². The number of ether oxygens (including phenoxy) is 1. The maximum atomic E-state index is 13.0. The van der Waals surface area contributed by atoms with E-state index >= 15 is 0 Å². The van der Waals surface area contributed by atoms with Crippen molar-refractivity contribution in [2.45, 2.75) is 162 Å². The highest BCUT2D eigenvalue weighted by molar-refractivity contribution is 6.00. The molecule has 5 nitrogen and oxygen atoms in total. The molecule has 0 aromatic heterocycles. The predicted octanol–water partition coefficient (Wildman–Crippen LogP) is 10.2. The van der Waals surface area contributed by atoms with E-state index in [4.69, 9.17) is 4.74 Å². The Kier molecular flexibility index (Phi) is 24.2. The van der Waals surface area contributed by atoms with Gasteiger partial charge in [-0.1, -0.05) is 143 Å². The van der Waals surface area contributed by atoms with Gasteiger partial charge in [0.15, 0.2) is 0 Å². The van der Waals surface area contributed by atoms with Crippen molar-refractivity contribution in [1.29, 1.82) is 0 Å². The molecule has 0 fully saturated rings. The molecule has 0 aliphatic rings. The van der Waals surface area contributed by atoms with Gasteiger partial charge in [0.1, 0.15) is 5.75 Å². The van der Waals surface area contributed by atoms with Crippen molar-refractivity contribution >= 4 is 11.8 Å². The van der Waals surface area contributed by atoms with E-state index < -0.39 is 0 Å². The van der Waals surface area contributed by atoms with Crippen LogP contribution in [0.1, 0.15) is 183 Å². The molecule has 0 saturated carbocycles. The van der Waals surface area contributed by atoms with Gasteiger partial charge in [-0.05, 0) is 37.5 Å². The molecule has 0 aliphatic carbocycles. The van der Waals surface area contributed by atoms with Gasteiger partial charge >= 0.3 is 0 Å². The third-order valence-corrected chi connectivity index (χ3v) is 7.88. The number of rotatable bonds is 28. The van der Waals surface area contributed by atoms with Gasteiger partial charge < -0.3 is 15.4 Å². The number of amides is 2. The largest absolute Gasteiger partial charge is 0.493 e. The molecular formula is C36H64N2O3. The SMILES string of the molecule is CCCCCCCCCCOc1cc(C(=O)NCCCCCCCCC)ccc1C(=O)NCCCCCCCCC. The van der Waals surface area contributed by atoms with Gasteiger partial charge in [0.05, 0.1) is 12.2 Å². The summed E-state index contributed by atoms with van der Waals surface area (Å²) in [5.74, 6) is 0.313. The number of nitrogens with one attached hydrogen (secondary N) is 2. The number of unbranched alkanes of at least 4 members (excludes halogenated alkanes) is 19. The second-order valence-electron chi connectivity index (χ2n) is 11.8. The zero-order chi connectivity index (χ0) is 29.8. The Morgan fingerprint density at radius 1 is 0.537 bits per heavy atom. The average Bonchev–Trinajstić information content (AvgIpc) is 2.98. The zero-order valence-corrected chi connectivity index (χ0v) is 27.1. The highest BCUT2D eigenvalue weighted by atomic mass is 16.5. The van der Waals surface area contributed by atoms with E-state index in [0.717, 1.165) is 38.5 Å². The third kappa shape index (κ3) is 19.7. The maximum absolute atomic E-state index is 13.0. The molecule has 0 radical (unpaired) electrons. The molecule has 0 unspecified atom stereocenters. The van der Waals surface area contributed by atoms with Gasteiger partial charge in [0.25, 0.3) is 11.8 Å². The molecule has 2 N–H and O–H groups in total. The fourth-order valence-electron chi connectivity index (χ4n) is 5.15. The van der Waals surface area contributed by atoms with Gasteiger partial charge in [-0.25, -0.2) is 0 Å². The number of carbonyl (C=O) groups excluding carboxylic acids is 2. The Labute approximate surface area is 253 Å². The average molecular weight is 573 g/mol. The summed E-state index contributed by atoms with van der Waals surface area (Å²) in [6, 6.07) is 5.27. The Bertz CT molecular complexity index is 780. The molecule has 2 amide bonds.